The van der Waals surface area contributed by atoms with Crippen LogP contribution in [0.2, 0.25) is 0 Å². The first-order chi connectivity index (χ1) is 8.33. The molecule has 0 spiro atoms. The van der Waals surface area contributed by atoms with Crippen molar-refractivity contribution in [3.05, 3.63) is 53.2 Å². The Labute approximate surface area is 109 Å². The van der Waals surface area contributed by atoms with Crippen molar-refractivity contribution in [2.75, 3.05) is 5.32 Å². The van der Waals surface area contributed by atoms with Gasteiger partial charge >= 0.3 is 0 Å². The number of aromatic amines is 1. The molecule has 2 aromatic rings. The topological polar surface area (TPSA) is 27.8 Å². The molecule has 0 saturated carbocycles. The van der Waals surface area contributed by atoms with Gasteiger partial charge < -0.3 is 10.3 Å². The Balaban J connectivity index is 1.97. The van der Waals surface area contributed by atoms with Crippen molar-refractivity contribution >= 4 is 40.7 Å². The summed E-state index contributed by atoms with van der Waals surface area (Å²) in [5.41, 5.74) is 2.15. The van der Waals surface area contributed by atoms with Gasteiger partial charge in [-0.15, -0.1) is 0 Å². The molecule has 1 aliphatic rings. The summed E-state index contributed by atoms with van der Waals surface area (Å²) in [7, 11) is 0. The van der Waals surface area contributed by atoms with Crippen LogP contribution < -0.4 is 5.32 Å². The fourth-order valence-electron chi connectivity index (χ4n) is 1.68. The van der Waals surface area contributed by atoms with E-state index in [1.807, 2.05) is 36.5 Å². The second-order valence-corrected chi connectivity index (χ2v) is 5.18. The molecular formula is C13H10N2S2. The van der Waals surface area contributed by atoms with Crippen LogP contribution in [0.4, 0.5) is 5.69 Å². The van der Waals surface area contributed by atoms with E-state index in [2.05, 4.69) is 22.4 Å². The molecule has 0 amide bonds. The summed E-state index contributed by atoms with van der Waals surface area (Å²) in [5.74, 6) is 0. The molecule has 84 valence electrons. The zero-order valence-electron chi connectivity index (χ0n) is 8.94. The number of anilines is 1. The third-order valence-electron chi connectivity index (χ3n) is 2.49. The molecule has 2 N–H and O–H groups in total. The predicted molar refractivity (Wildman–Crippen MR) is 77.3 cm³/mol. The SMILES string of the molecule is S=C1Nc2ccccc2SC1=Cc1ccc[nH]1. The Morgan fingerprint density at radius 1 is 1.12 bits per heavy atom. The second-order valence-electron chi connectivity index (χ2n) is 3.69. The van der Waals surface area contributed by atoms with Gasteiger partial charge in [0.15, 0.2) is 0 Å². The lowest BCUT2D eigenvalue weighted by Crippen LogP contribution is -2.14. The van der Waals surface area contributed by atoms with Crippen LogP contribution in [0.15, 0.2) is 52.4 Å². The highest BCUT2D eigenvalue weighted by Gasteiger charge is 2.17. The normalized spacial score (nSPS) is 16.7. The maximum Gasteiger partial charge on any atom is 0.117 e. The highest BCUT2D eigenvalue weighted by Crippen LogP contribution is 2.38. The smallest absolute Gasteiger partial charge is 0.117 e. The Kier molecular flexibility index (Phi) is 2.74. The second kappa shape index (κ2) is 4.39. The Morgan fingerprint density at radius 2 is 2.00 bits per heavy atom. The number of fused-ring (bicyclic) bond motifs is 1. The standard InChI is InChI=1S/C13H10N2S2/c16-13-12(8-9-4-3-7-14-9)17-11-6-2-1-5-10(11)15-13/h1-8,14H,(H,15,16). The van der Waals surface area contributed by atoms with Gasteiger partial charge in [-0.25, -0.2) is 0 Å². The molecule has 3 rings (SSSR count). The molecule has 17 heavy (non-hydrogen) atoms. The molecule has 0 atom stereocenters. The van der Waals surface area contributed by atoms with E-state index in [0.29, 0.717) is 0 Å². The predicted octanol–water partition coefficient (Wildman–Crippen LogP) is 3.90. The summed E-state index contributed by atoms with van der Waals surface area (Å²) in [6, 6.07) is 12.2. The molecule has 1 aromatic heterocycles. The third kappa shape index (κ3) is 2.14. The number of benzene rings is 1. The molecule has 0 bridgehead atoms. The minimum absolute atomic E-state index is 0.781. The van der Waals surface area contributed by atoms with Gasteiger partial charge in [-0.3, -0.25) is 0 Å². The summed E-state index contributed by atoms with van der Waals surface area (Å²) in [6.07, 6.45) is 3.97. The Bertz CT molecular complexity index is 585. The van der Waals surface area contributed by atoms with Crippen LogP contribution in [0.25, 0.3) is 6.08 Å². The Hall–Kier alpha value is -1.52. The van der Waals surface area contributed by atoms with Crippen LogP contribution in [-0.2, 0) is 0 Å². The molecule has 0 fully saturated rings. The minimum Gasteiger partial charge on any atom is -0.362 e. The average molecular weight is 258 g/mol. The van der Waals surface area contributed by atoms with Gasteiger partial charge in [0.2, 0.25) is 0 Å². The maximum atomic E-state index is 5.36. The van der Waals surface area contributed by atoms with E-state index in [1.165, 1.54) is 4.90 Å². The molecule has 1 aromatic carbocycles. The number of thiocarbonyl (C=S) groups is 1. The van der Waals surface area contributed by atoms with Gasteiger partial charge in [0, 0.05) is 21.7 Å². The van der Waals surface area contributed by atoms with Gasteiger partial charge in [-0.2, -0.15) is 0 Å². The quantitative estimate of drug-likeness (QED) is 0.600. The van der Waals surface area contributed by atoms with Crippen LogP contribution >= 0.6 is 24.0 Å². The van der Waals surface area contributed by atoms with E-state index in [-0.39, 0.29) is 0 Å². The van der Waals surface area contributed by atoms with Crippen molar-refractivity contribution in [2.24, 2.45) is 0 Å². The highest BCUT2D eigenvalue weighted by atomic mass is 32.2. The van der Waals surface area contributed by atoms with E-state index in [9.17, 15) is 0 Å². The van der Waals surface area contributed by atoms with Gasteiger partial charge in [0.05, 0.1) is 5.69 Å². The number of aromatic nitrogens is 1. The minimum atomic E-state index is 0.781. The third-order valence-corrected chi connectivity index (χ3v) is 4.06. The average Bonchev–Trinajstić information content (AvgIpc) is 2.83. The van der Waals surface area contributed by atoms with Gasteiger partial charge in [0.25, 0.3) is 0 Å². The molecule has 1 aliphatic heterocycles. The molecule has 0 unspecified atom stereocenters. The van der Waals surface area contributed by atoms with Crippen molar-refractivity contribution < 1.29 is 0 Å². The molecule has 2 nitrogen and oxygen atoms in total. The van der Waals surface area contributed by atoms with Gasteiger partial charge in [-0.1, -0.05) is 36.1 Å². The number of para-hydroxylation sites is 1. The van der Waals surface area contributed by atoms with Crippen LogP contribution in [0.1, 0.15) is 5.69 Å². The summed E-state index contributed by atoms with van der Waals surface area (Å²) in [5, 5.41) is 3.25. The van der Waals surface area contributed by atoms with Crippen LogP contribution in [-0.4, -0.2) is 9.97 Å². The van der Waals surface area contributed by atoms with Crippen molar-refractivity contribution in [1.29, 1.82) is 0 Å². The molecule has 0 saturated heterocycles. The van der Waals surface area contributed by atoms with E-state index in [1.54, 1.807) is 11.8 Å². The Morgan fingerprint density at radius 3 is 2.82 bits per heavy atom. The van der Waals surface area contributed by atoms with Crippen molar-refractivity contribution in [1.82, 2.24) is 4.98 Å². The maximum absolute atomic E-state index is 5.36. The number of nitrogens with one attached hydrogen (secondary N) is 2. The van der Waals surface area contributed by atoms with Gasteiger partial charge in [-0.05, 0) is 30.3 Å². The molecular weight excluding hydrogens is 248 g/mol. The van der Waals surface area contributed by atoms with Crippen molar-refractivity contribution in [2.45, 2.75) is 4.90 Å². The fraction of sp³-hybridized carbons (Fsp3) is 0. The van der Waals surface area contributed by atoms with Crippen molar-refractivity contribution in [3.8, 4) is 0 Å². The van der Waals surface area contributed by atoms with Crippen LogP contribution in [0.3, 0.4) is 0 Å². The van der Waals surface area contributed by atoms with Crippen LogP contribution in [0, 0.1) is 0 Å². The number of H-pyrrole nitrogens is 1. The molecule has 0 radical (unpaired) electrons. The van der Waals surface area contributed by atoms with E-state index in [0.717, 1.165) is 21.3 Å². The first-order valence-electron chi connectivity index (χ1n) is 5.26. The summed E-state index contributed by atoms with van der Waals surface area (Å²) >= 11 is 7.06. The monoisotopic (exact) mass is 258 g/mol. The molecule has 4 heteroatoms. The largest absolute Gasteiger partial charge is 0.362 e. The summed E-state index contributed by atoms with van der Waals surface area (Å²) in [4.78, 5) is 6.21. The van der Waals surface area contributed by atoms with E-state index >= 15 is 0 Å². The first-order valence-corrected chi connectivity index (χ1v) is 6.49. The van der Waals surface area contributed by atoms with Crippen LogP contribution in [0.5, 0.6) is 0 Å². The lowest BCUT2D eigenvalue weighted by atomic mass is 10.3. The zero-order valence-corrected chi connectivity index (χ0v) is 10.6. The molecule has 0 aliphatic carbocycles. The highest BCUT2D eigenvalue weighted by molar-refractivity contribution is 8.05. The number of thioether (sulfide) groups is 1. The fourth-order valence-corrected chi connectivity index (χ4v) is 2.91. The first kappa shape index (κ1) is 10.6. The van der Waals surface area contributed by atoms with E-state index in [4.69, 9.17) is 12.2 Å². The number of hydrogen-bond acceptors (Lipinski definition) is 2. The lowest BCUT2D eigenvalue weighted by molar-refractivity contribution is 1.37. The van der Waals surface area contributed by atoms with E-state index < -0.39 is 0 Å². The summed E-state index contributed by atoms with van der Waals surface area (Å²) in [6.45, 7) is 0. The van der Waals surface area contributed by atoms with Gasteiger partial charge in [0.1, 0.15) is 4.99 Å². The molecule has 2 heterocycles. The zero-order chi connectivity index (χ0) is 11.7. The lowest BCUT2D eigenvalue weighted by Gasteiger charge is -2.20. The summed E-state index contributed by atoms with van der Waals surface area (Å²) < 4.78 is 0. The number of rotatable bonds is 1. The van der Waals surface area contributed by atoms with Crippen molar-refractivity contribution in [3.63, 3.8) is 0 Å². The number of hydrogen-bond donors (Lipinski definition) is 2.